The quantitative estimate of drug-likeness (QED) is 0.817. The highest BCUT2D eigenvalue weighted by Gasteiger charge is 2.05. The second-order valence-corrected chi connectivity index (χ2v) is 4.96. The number of aryl methyl sites for hydroxylation is 1. The Bertz CT molecular complexity index is 647. The molecule has 0 saturated carbocycles. The SMILES string of the molecule is Cc1cc(C#N)ccc1COc1ccc(Cl)cc1Cl. The van der Waals surface area contributed by atoms with Crippen LogP contribution in [0.15, 0.2) is 36.4 Å². The third-order valence-corrected chi connectivity index (χ3v) is 3.28. The van der Waals surface area contributed by atoms with Gasteiger partial charge in [-0.3, -0.25) is 0 Å². The smallest absolute Gasteiger partial charge is 0.138 e. The predicted octanol–water partition coefficient (Wildman–Crippen LogP) is 4.75. The van der Waals surface area contributed by atoms with E-state index in [1.807, 2.05) is 19.1 Å². The van der Waals surface area contributed by atoms with Gasteiger partial charge in [0.05, 0.1) is 16.7 Å². The average Bonchev–Trinajstić information content (AvgIpc) is 2.39. The molecule has 2 aromatic carbocycles. The van der Waals surface area contributed by atoms with Crippen molar-refractivity contribution in [2.24, 2.45) is 0 Å². The maximum absolute atomic E-state index is 8.81. The van der Waals surface area contributed by atoms with Gasteiger partial charge in [-0.25, -0.2) is 0 Å². The third-order valence-electron chi connectivity index (χ3n) is 2.75. The molecule has 0 aliphatic carbocycles. The molecule has 0 atom stereocenters. The number of nitrogens with zero attached hydrogens (tertiary/aromatic N) is 1. The lowest BCUT2D eigenvalue weighted by atomic mass is 10.1. The normalized spacial score (nSPS) is 10.0. The van der Waals surface area contributed by atoms with Gasteiger partial charge in [0.25, 0.3) is 0 Å². The highest BCUT2D eigenvalue weighted by Crippen LogP contribution is 2.28. The first kappa shape index (κ1) is 13.7. The largest absolute Gasteiger partial charge is 0.487 e. The lowest BCUT2D eigenvalue weighted by Gasteiger charge is -2.10. The molecule has 2 rings (SSSR count). The van der Waals surface area contributed by atoms with Crippen molar-refractivity contribution in [2.45, 2.75) is 13.5 Å². The number of rotatable bonds is 3. The van der Waals surface area contributed by atoms with Crippen molar-refractivity contribution in [3.63, 3.8) is 0 Å². The van der Waals surface area contributed by atoms with Crippen LogP contribution in [0.4, 0.5) is 0 Å². The number of ether oxygens (including phenoxy) is 1. The van der Waals surface area contributed by atoms with Crippen molar-refractivity contribution in [1.82, 2.24) is 0 Å². The standard InChI is InChI=1S/C15H11Cl2NO/c1-10-6-11(8-18)2-3-12(10)9-19-15-5-4-13(16)7-14(15)17/h2-7H,9H2,1H3. The zero-order valence-electron chi connectivity index (χ0n) is 10.3. The van der Waals surface area contributed by atoms with E-state index < -0.39 is 0 Å². The van der Waals surface area contributed by atoms with Crippen LogP contribution in [0.5, 0.6) is 5.75 Å². The summed E-state index contributed by atoms with van der Waals surface area (Å²) in [5.41, 5.74) is 2.68. The molecule has 0 N–H and O–H groups in total. The fourth-order valence-corrected chi connectivity index (χ4v) is 2.14. The molecular weight excluding hydrogens is 281 g/mol. The van der Waals surface area contributed by atoms with Gasteiger partial charge < -0.3 is 4.74 Å². The number of hydrogen-bond acceptors (Lipinski definition) is 2. The Morgan fingerprint density at radius 2 is 1.95 bits per heavy atom. The second kappa shape index (κ2) is 5.97. The Morgan fingerprint density at radius 3 is 2.58 bits per heavy atom. The van der Waals surface area contributed by atoms with Crippen molar-refractivity contribution in [3.8, 4) is 11.8 Å². The van der Waals surface area contributed by atoms with Crippen LogP contribution in [0.3, 0.4) is 0 Å². The first-order valence-electron chi connectivity index (χ1n) is 5.67. The summed E-state index contributed by atoms with van der Waals surface area (Å²) in [6.45, 7) is 2.35. The van der Waals surface area contributed by atoms with Crippen molar-refractivity contribution in [2.75, 3.05) is 0 Å². The van der Waals surface area contributed by atoms with E-state index >= 15 is 0 Å². The maximum Gasteiger partial charge on any atom is 0.138 e. The number of halogens is 2. The van der Waals surface area contributed by atoms with Crippen LogP contribution in [0.2, 0.25) is 10.0 Å². The lowest BCUT2D eigenvalue weighted by Crippen LogP contribution is -1.98. The van der Waals surface area contributed by atoms with E-state index in [0.717, 1.165) is 11.1 Å². The average molecular weight is 292 g/mol. The van der Waals surface area contributed by atoms with Crippen molar-refractivity contribution in [1.29, 1.82) is 5.26 Å². The zero-order valence-corrected chi connectivity index (χ0v) is 11.8. The Balaban J connectivity index is 2.13. The molecule has 0 spiro atoms. The van der Waals surface area contributed by atoms with Crippen molar-refractivity contribution >= 4 is 23.2 Å². The van der Waals surface area contributed by atoms with E-state index in [1.54, 1.807) is 24.3 Å². The Hall–Kier alpha value is -1.69. The van der Waals surface area contributed by atoms with Crippen LogP contribution in [-0.2, 0) is 6.61 Å². The van der Waals surface area contributed by atoms with Gasteiger partial charge in [-0.05, 0) is 48.4 Å². The van der Waals surface area contributed by atoms with E-state index in [9.17, 15) is 0 Å². The van der Waals surface area contributed by atoms with Gasteiger partial charge in [0.2, 0.25) is 0 Å². The van der Waals surface area contributed by atoms with Gasteiger partial charge in [0.1, 0.15) is 12.4 Å². The minimum atomic E-state index is 0.402. The van der Waals surface area contributed by atoms with Crippen molar-refractivity contribution in [3.05, 3.63) is 63.1 Å². The molecule has 19 heavy (non-hydrogen) atoms. The van der Waals surface area contributed by atoms with Crippen LogP contribution < -0.4 is 4.74 Å². The number of benzene rings is 2. The molecule has 2 nitrogen and oxygen atoms in total. The molecule has 0 unspecified atom stereocenters. The maximum atomic E-state index is 8.81. The topological polar surface area (TPSA) is 33.0 Å². The minimum Gasteiger partial charge on any atom is -0.487 e. The Kier molecular flexibility index (Phi) is 4.31. The van der Waals surface area contributed by atoms with Gasteiger partial charge in [-0.1, -0.05) is 29.3 Å². The van der Waals surface area contributed by atoms with Gasteiger partial charge in [-0.15, -0.1) is 0 Å². The second-order valence-electron chi connectivity index (χ2n) is 4.12. The first-order chi connectivity index (χ1) is 9.10. The minimum absolute atomic E-state index is 0.402. The van der Waals surface area contributed by atoms with Gasteiger partial charge >= 0.3 is 0 Å². The molecule has 0 aliphatic rings. The highest BCUT2D eigenvalue weighted by molar-refractivity contribution is 6.35. The summed E-state index contributed by atoms with van der Waals surface area (Å²) in [6, 6.07) is 12.7. The third kappa shape index (κ3) is 3.41. The van der Waals surface area contributed by atoms with Gasteiger partial charge in [0.15, 0.2) is 0 Å². The summed E-state index contributed by atoms with van der Waals surface area (Å²) in [6.07, 6.45) is 0. The molecule has 0 aliphatic heterocycles. The molecule has 96 valence electrons. The summed E-state index contributed by atoms with van der Waals surface area (Å²) >= 11 is 11.9. The predicted molar refractivity (Wildman–Crippen MR) is 76.7 cm³/mol. The molecule has 4 heteroatoms. The molecule has 0 radical (unpaired) electrons. The van der Waals surface area contributed by atoms with Crippen LogP contribution >= 0.6 is 23.2 Å². The van der Waals surface area contributed by atoms with Crippen LogP contribution in [-0.4, -0.2) is 0 Å². The molecule has 0 heterocycles. The van der Waals surface area contributed by atoms with Gasteiger partial charge in [-0.2, -0.15) is 5.26 Å². The molecular formula is C15H11Cl2NO. The molecule has 0 aromatic heterocycles. The highest BCUT2D eigenvalue weighted by atomic mass is 35.5. The van der Waals surface area contributed by atoms with E-state index in [0.29, 0.717) is 28.0 Å². The monoisotopic (exact) mass is 291 g/mol. The summed E-state index contributed by atoms with van der Waals surface area (Å²) in [4.78, 5) is 0. The molecule has 0 fully saturated rings. The van der Waals surface area contributed by atoms with Crippen LogP contribution in [0.25, 0.3) is 0 Å². The number of nitriles is 1. The van der Waals surface area contributed by atoms with E-state index in [2.05, 4.69) is 6.07 Å². The van der Waals surface area contributed by atoms with Gasteiger partial charge in [0, 0.05) is 5.02 Å². The zero-order chi connectivity index (χ0) is 13.8. The summed E-state index contributed by atoms with van der Waals surface area (Å²) in [5, 5.41) is 9.87. The van der Waals surface area contributed by atoms with Crippen molar-refractivity contribution < 1.29 is 4.74 Å². The van der Waals surface area contributed by atoms with E-state index in [4.69, 9.17) is 33.2 Å². The van der Waals surface area contributed by atoms with Crippen LogP contribution in [0, 0.1) is 18.3 Å². The fraction of sp³-hybridized carbons (Fsp3) is 0.133. The molecule has 2 aromatic rings. The Morgan fingerprint density at radius 1 is 1.16 bits per heavy atom. The Labute approximate surface area is 122 Å². The van der Waals surface area contributed by atoms with E-state index in [-0.39, 0.29) is 0 Å². The molecule has 0 saturated heterocycles. The number of hydrogen-bond donors (Lipinski definition) is 0. The molecule has 0 bridgehead atoms. The van der Waals surface area contributed by atoms with E-state index in [1.165, 1.54) is 0 Å². The summed E-state index contributed by atoms with van der Waals surface area (Å²) < 4.78 is 5.66. The summed E-state index contributed by atoms with van der Waals surface area (Å²) in [5.74, 6) is 0.592. The molecule has 0 amide bonds. The summed E-state index contributed by atoms with van der Waals surface area (Å²) in [7, 11) is 0. The van der Waals surface area contributed by atoms with Crippen LogP contribution in [0.1, 0.15) is 16.7 Å². The lowest BCUT2D eigenvalue weighted by molar-refractivity contribution is 0.305. The first-order valence-corrected chi connectivity index (χ1v) is 6.43. The fourth-order valence-electron chi connectivity index (χ4n) is 1.68.